The predicted molar refractivity (Wildman–Crippen MR) is 57.9 cm³/mol. The van der Waals surface area contributed by atoms with E-state index >= 15 is 0 Å². The van der Waals surface area contributed by atoms with Crippen LogP contribution in [0.1, 0.15) is 19.0 Å². The van der Waals surface area contributed by atoms with Crippen LogP contribution in [0.3, 0.4) is 0 Å². The highest BCUT2D eigenvalue weighted by atomic mass is 15.3. The predicted octanol–water partition coefficient (Wildman–Crippen LogP) is 1.91. The van der Waals surface area contributed by atoms with Crippen LogP contribution in [0, 0.1) is 0 Å². The third-order valence-electron chi connectivity index (χ3n) is 2.36. The van der Waals surface area contributed by atoms with E-state index in [9.17, 15) is 0 Å². The zero-order valence-electron chi connectivity index (χ0n) is 8.40. The molecule has 1 aromatic heterocycles. The van der Waals surface area contributed by atoms with E-state index < -0.39 is 0 Å². The molecule has 2 aromatic rings. The van der Waals surface area contributed by atoms with Crippen LogP contribution in [-0.4, -0.2) is 9.78 Å². The molecule has 0 aliphatic rings. The molecule has 0 unspecified atom stereocenters. The summed E-state index contributed by atoms with van der Waals surface area (Å²) in [5.74, 6) is 0. The van der Waals surface area contributed by atoms with Gasteiger partial charge in [-0.15, -0.1) is 0 Å². The Bertz CT molecular complexity index is 431. The third-order valence-corrected chi connectivity index (χ3v) is 2.36. The van der Waals surface area contributed by atoms with Crippen molar-refractivity contribution in [1.29, 1.82) is 0 Å². The fourth-order valence-electron chi connectivity index (χ4n) is 1.73. The maximum Gasteiger partial charge on any atom is 0.0838 e. The molecule has 0 atom stereocenters. The van der Waals surface area contributed by atoms with E-state index in [1.807, 2.05) is 16.8 Å². The summed E-state index contributed by atoms with van der Waals surface area (Å²) in [5.41, 5.74) is 7.83. The molecule has 0 saturated heterocycles. The van der Waals surface area contributed by atoms with Crippen molar-refractivity contribution in [2.75, 3.05) is 0 Å². The minimum atomic E-state index is 0.511. The fraction of sp³-hybridized carbons (Fsp3) is 0.364. The topological polar surface area (TPSA) is 43.8 Å². The first-order valence-corrected chi connectivity index (χ1v) is 5.01. The summed E-state index contributed by atoms with van der Waals surface area (Å²) >= 11 is 0. The number of para-hydroxylation sites is 1. The molecule has 3 heteroatoms. The first-order valence-electron chi connectivity index (χ1n) is 5.01. The van der Waals surface area contributed by atoms with Gasteiger partial charge in [-0.2, -0.15) is 5.10 Å². The van der Waals surface area contributed by atoms with Gasteiger partial charge < -0.3 is 5.73 Å². The van der Waals surface area contributed by atoms with Crippen molar-refractivity contribution < 1.29 is 0 Å². The lowest BCUT2D eigenvalue weighted by molar-refractivity contribution is 0.612. The average molecular weight is 189 g/mol. The summed E-state index contributed by atoms with van der Waals surface area (Å²) in [5, 5.41) is 5.67. The van der Waals surface area contributed by atoms with E-state index in [-0.39, 0.29) is 0 Å². The lowest BCUT2D eigenvalue weighted by Gasteiger charge is -1.98. The molecular formula is C11H15N3. The van der Waals surface area contributed by atoms with E-state index in [1.54, 1.807) is 0 Å². The molecule has 0 bridgehead atoms. The summed E-state index contributed by atoms with van der Waals surface area (Å²) in [6, 6.07) is 8.24. The zero-order chi connectivity index (χ0) is 9.97. The quantitative estimate of drug-likeness (QED) is 0.801. The van der Waals surface area contributed by atoms with Gasteiger partial charge in [0.2, 0.25) is 0 Å². The number of nitrogens with two attached hydrogens (primary N) is 1. The first kappa shape index (κ1) is 9.21. The Morgan fingerprint density at radius 1 is 1.36 bits per heavy atom. The van der Waals surface area contributed by atoms with Crippen molar-refractivity contribution in [3.63, 3.8) is 0 Å². The number of benzene rings is 1. The van der Waals surface area contributed by atoms with Gasteiger partial charge in [0.25, 0.3) is 0 Å². The molecule has 0 spiro atoms. The fourth-order valence-corrected chi connectivity index (χ4v) is 1.73. The molecule has 3 nitrogen and oxygen atoms in total. The molecule has 74 valence electrons. The largest absolute Gasteiger partial charge is 0.325 e. The van der Waals surface area contributed by atoms with Gasteiger partial charge in [-0.3, -0.25) is 4.68 Å². The lowest BCUT2D eigenvalue weighted by atomic mass is 10.2. The zero-order valence-corrected chi connectivity index (χ0v) is 8.40. The second-order valence-corrected chi connectivity index (χ2v) is 3.39. The number of nitrogens with zero attached hydrogens (tertiary/aromatic N) is 2. The number of aryl methyl sites for hydroxylation is 1. The highest BCUT2D eigenvalue weighted by Crippen LogP contribution is 2.17. The smallest absolute Gasteiger partial charge is 0.0838 e. The molecule has 0 fully saturated rings. The maximum atomic E-state index is 5.65. The van der Waals surface area contributed by atoms with Crippen LogP contribution in [-0.2, 0) is 13.1 Å². The van der Waals surface area contributed by atoms with Gasteiger partial charge in [0.05, 0.1) is 11.2 Å². The van der Waals surface area contributed by atoms with E-state index in [0.29, 0.717) is 6.54 Å². The van der Waals surface area contributed by atoms with Gasteiger partial charge in [0.1, 0.15) is 0 Å². The van der Waals surface area contributed by atoms with E-state index in [0.717, 1.165) is 18.7 Å². The molecule has 0 saturated carbocycles. The first-order chi connectivity index (χ1) is 6.86. The Labute approximate surface area is 83.5 Å². The maximum absolute atomic E-state index is 5.65. The Morgan fingerprint density at radius 3 is 2.86 bits per heavy atom. The highest BCUT2D eigenvalue weighted by Gasteiger charge is 2.06. The van der Waals surface area contributed by atoms with Crippen molar-refractivity contribution >= 4 is 10.9 Å². The number of rotatable bonds is 3. The molecule has 2 N–H and O–H groups in total. The summed E-state index contributed by atoms with van der Waals surface area (Å²) in [6.45, 7) is 3.62. The summed E-state index contributed by atoms with van der Waals surface area (Å²) in [4.78, 5) is 0. The van der Waals surface area contributed by atoms with Crippen LogP contribution in [0.4, 0.5) is 0 Å². The van der Waals surface area contributed by atoms with Gasteiger partial charge in [-0.05, 0) is 12.5 Å². The number of fused-ring (bicyclic) bond motifs is 1. The van der Waals surface area contributed by atoms with Gasteiger partial charge in [-0.25, -0.2) is 0 Å². The van der Waals surface area contributed by atoms with Crippen LogP contribution in [0.15, 0.2) is 24.3 Å². The molecule has 14 heavy (non-hydrogen) atoms. The summed E-state index contributed by atoms with van der Waals surface area (Å²) < 4.78 is 2.04. The van der Waals surface area contributed by atoms with Crippen LogP contribution in [0.5, 0.6) is 0 Å². The van der Waals surface area contributed by atoms with Gasteiger partial charge in [-0.1, -0.05) is 25.1 Å². The molecular weight excluding hydrogens is 174 g/mol. The van der Waals surface area contributed by atoms with Crippen LogP contribution >= 0.6 is 0 Å². The van der Waals surface area contributed by atoms with Gasteiger partial charge in [0.15, 0.2) is 0 Å². The average Bonchev–Trinajstić information content (AvgIpc) is 2.58. The van der Waals surface area contributed by atoms with Crippen LogP contribution < -0.4 is 5.73 Å². The second kappa shape index (κ2) is 3.80. The van der Waals surface area contributed by atoms with Crippen LogP contribution in [0.25, 0.3) is 10.9 Å². The summed E-state index contributed by atoms with van der Waals surface area (Å²) in [6.07, 6.45) is 1.09. The van der Waals surface area contributed by atoms with Crippen molar-refractivity contribution in [2.45, 2.75) is 26.4 Å². The van der Waals surface area contributed by atoms with E-state index in [4.69, 9.17) is 5.73 Å². The number of aromatic nitrogens is 2. The third kappa shape index (κ3) is 1.40. The Morgan fingerprint density at radius 2 is 2.14 bits per heavy atom. The Hall–Kier alpha value is -1.35. The number of hydrogen-bond donors (Lipinski definition) is 1. The molecule has 0 amide bonds. The SMILES string of the molecule is CCCn1nc(CN)c2ccccc21. The standard InChI is InChI=1S/C11H15N3/c1-2-7-14-11-6-4-3-5-9(11)10(8-12)13-14/h3-6H,2,7-8,12H2,1H3. The normalized spacial score (nSPS) is 11.0. The highest BCUT2D eigenvalue weighted by molar-refractivity contribution is 5.81. The number of hydrogen-bond acceptors (Lipinski definition) is 2. The van der Waals surface area contributed by atoms with Crippen molar-refractivity contribution in [3.05, 3.63) is 30.0 Å². The molecule has 1 aromatic carbocycles. The monoisotopic (exact) mass is 189 g/mol. The van der Waals surface area contributed by atoms with E-state index in [2.05, 4.69) is 24.2 Å². The molecule has 1 heterocycles. The van der Waals surface area contributed by atoms with Crippen molar-refractivity contribution in [3.8, 4) is 0 Å². The van der Waals surface area contributed by atoms with Gasteiger partial charge >= 0.3 is 0 Å². The van der Waals surface area contributed by atoms with Gasteiger partial charge in [0, 0.05) is 18.5 Å². The Kier molecular flexibility index (Phi) is 2.50. The van der Waals surface area contributed by atoms with E-state index in [1.165, 1.54) is 10.9 Å². The molecule has 2 rings (SSSR count). The lowest BCUT2D eigenvalue weighted by Crippen LogP contribution is -2.02. The Balaban J connectivity index is 2.61. The second-order valence-electron chi connectivity index (χ2n) is 3.39. The summed E-state index contributed by atoms with van der Waals surface area (Å²) in [7, 11) is 0. The van der Waals surface area contributed by atoms with Crippen LogP contribution in [0.2, 0.25) is 0 Å². The molecule has 0 aliphatic heterocycles. The minimum Gasteiger partial charge on any atom is -0.325 e. The minimum absolute atomic E-state index is 0.511. The molecule has 0 radical (unpaired) electrons. The van der Waals surface area contributed by atoms with Crippen molar-refractivity contribution in [1.82, 2.24) is 9.78 Å². The molecule has 0 aliphatic carbocycles. The van der Waals surface area contributed by atoms with Crippen molar-refractivity contribution in [2.24, 2.45) is 5.73 Å².